The highest BCUT2D eigenvalue weighted by molar-refractivity contribution is 5.92. The Bertz CT molecular complexity index is 1160. The van der Waals surface area contributed by atoms with Crippen LogP contribution < -0.4 is 10.1 Å². The van der Waals surface area contributed by atoms with E-state index in [2.05, 4.69) is 20.4 Å². The molecule has 0 radical (unpaired) electrons. The van der Waals surface area contributed by atoms with Gasteiger partial charge in [0, 0.05) is 30.9 Å². The second kappa shape index (κ2) is 9.42. The summed E-state index contributed by atoms with van der Waals surface area (Å²) in [4.78, 5) is 21.1. The van der Waals surface area contributed by atoms with Gasteiger partial charge in [0.2, 0.25) is 11.7 Å². The average Bonchev–Trinajstić information content (AvgIpc) is 3.43. The number of hydrogen-bond donors (Lipinski definition) is 1. The second-order valence-corrected chi connectivity index (χ2v) is 7.40. The van der Waals surface area contributed by atoms with Crippen molar-refractivity contribution in [3.63, 3.8) is 0 Å². The number of carbonyl (C=O) groups excluding carboxylic acids is 1. The number of methoxy groups -OCH3 is 1. The minimum absolute atomic E-state index is 0.151. The zero-order chi connectivity index (χ0) is 21.6. The third-order valence-corrected chi connectivity index (χ3v) is 5.02. The van der Waals surface area contributed by atoms with Gasteiger partial charge in [-0.05, 0) is 61.7 Å². The van der Waals surface area contributed by atoms with Crippen LogP contribution in [0.1, 0.15) is 41.2 Å². The predicted octanol–water partition coefficient (Wildman–Crippen LogP) is 3.84. The first-order chi connectivity index (χ1) is 15.1. The Labute approximate surface area is 180 Å². The molecule has 0 bridgehead atoms. The highest BCUT2D eigenvalue weighted by Crippen LogP contribution is 2.20. The van der Waals surface area contributed by atoms with Gasteiger partial charge in [0.25, 0.3) is 5.91 Å². The number of rotatable bonds is 9. The van der Waals surface area contributed by atoms with Gasteiger partial charge in [0.1, 0.15) is 17.1 Å². The molecule has 1 amide bonds. The second-order valence-electron chi connectivity index (χ2n) is 7.40. The van der Waals surface area contributed by atoms with E-state index in [0.29, 0.717) is 30.4 Å². The van der Waals surface area contributed by atoms with Crippen LogP contribution in [0.3, 0.4) is 0 Å². The van der Waals surface area contributed by atoms with Crippen LogP contribution in [0.4, 0.5) is 0 Å². The standard InChI is InChI=1S/C23H25N5O3/c1-16-11-13-28-15-19(25-20(28)14-16)23(29)24-12-5-3-4-6-21-26-22(27-31-21)17-7-9-18(30-2)10-8-17/h7-11,13-15H,3-6,12H2,1-2H3,(H,24,29). The van der Waals surface area contributed by atoms with Crippen molar-refractivity contribution >= 4 is 11.6 Å². The topological polar surface area (TPSA) is 94.6 Å². The van der Waals surface area contributed by atoms with Gasteiger partial charge in [-0.3, -0.25) is 4.79 Å². The van der Waals surface area contributed by atoms with Gasteiger partial charge in [0.05, 0.1) is 7.11 Å². The Balaban J connectivity index is 1.18. The minimum atomic E-state index is -0.151. The van der Waals surface area contributed by atoms with E-state index in [9.17, 15) is 4.79 Å². The lowest BCUT2D eigenvalue weighted by Crippen LogP contribution is -2.24. The normalized spacial score (nSPS) is 11.0. The van der Waals surface area contributed by atoms with E-state index < -0.39 is 0 Å². The molecule has 31 heavy (non-hydrogen) atoms. The lowest BCUT2D eigenvalue weighted by Gasteiger charge is -2.02. The van der Waals surface area contributed by atoms with Crippen molar-refractivity contribution in [3.8, 4) is 17.1 Å². The van der Waals surface area contributed by atoms with Crippen LogP contribution in [0.2, 0.25) is 0 Å². The fraction of sp³-hybridized carbons (Fsp3) is 0.304. The first-order valence-electron chi connectivity index (χ1n) is 10.3. The molecular formula is C23H25N5O3. The molecule has 0 unspecified atom stereocenters. The number of carbonyl (C=O) groups is 1. The highest BCUT2D eigenvalue weighted by Gasteiger charge is 2.11. The summed E-state index contributed by atoms with van der Waals surface area (Å²) < 4.78 is 12.4. The summed E-state index contributed by atoms with van der Waals surface area (Å²) in [5.74, 6) is 1.83. The fourth-order valence-electron chi connectivity index (χ4n) is 3.28. The van der Waals surface area contributed by atoms with Crippen LogP contribution in [0.15, 0.2) is 53.3 Å². The smallest absolute Gasteiger partial charge is 0.271 e. The number of unbranched alkanes of at least 4 members (excludes halogenated alkanes) is 2. The Morgan fingerprint density at radius 3 is 2.77 bits per heavy atom. The van der Waals surface area contributed by atoms with Gasteiger partial charge >= 0.3 is 0 Å². The molecule has 160 valence electrons. The molecule has 0 saturated carbocycles. The van der Waals surface area contributed by atoms with Gasteiger partial charge < -0.3 is 19.0 Å². The quantitative estimate of drug-likeness (QED) is 0.414. The number of nitrogens with one attached hydrogen (secondary N) is 1. The van der Waals surface area contributed by atoms with Gasteiger partial charge in [-0.25, -0.2) is 4.98 Å². The first kappa shape index (κ1) is 20.6. The minimum Gasteiger partial charge on any atom is -0.497 e. The predicted molar refractivity (Wildman–Crippen MR) is 116 cm³/mol. The summed E-state index contributed by atoms with van der Waals surface area (Å²) in [6.45, 7) is 2.61. The Kier molecular flexibility index (Phi) is 6.26. The Hall–Kier alpha value is -3.68. The molecule has 3 heterocycles. The van der Waals surface area contributed by atoms with Crippen LogP contribution >= 0.6 is 0 Å². The SMILES string of the molecule is COc1ccc(-c2noc(CCCCCNC(=O)c3cn4ccc(C)cc4n3)n2)cc1. The molecule has 4 aromatic rings. The zero-order valence-electron chi connectivity index (χ0n) is 17.7. The van der Waals surface area contributed by atoms with Crippen molar-refractivity contribution < 1.29 is 14.1 Å². The number of nitrogens with zero attached hydrogens (tertiary/aromatic N) is 4. The molecule has 0 aliphatic heterocycles. The molecule has 0 aliphatic rings. The van der Waals surface area contributed by atoms with Gasteiger partial charge in [-0.15, -0.1) is 0 Å². The molecule has 3 aromatic heterocycles. The van der Waals surface area contributed by atoms with E-state index in [-0.39, 0.29) is 5.91 Å². The number of amides is 1. The van der Waals surface area contributed by atoms with Gasteiger partial charge in [0.15, 0.2) is 0 Å². The van der Waals surface area contributed by atoms with E-state index in [1.54, 1.807) is 13.3 Å². The van der Waals surface area contributed by atoms with E-state index in [1.807, 2.05) is 53.9 Å². The number of benzene rings is 1. The molecule has 1 N–H and O–H groups in total. The molecular weight excluding hydrogens is 394 g/mol. The van der Waals surface area contributed by atoms with Crippen molar-refractivity contribution in [3.05, 3.63) is 65.9 Å². The van der Waals surface area contributed by atoms with Crippen LogP contribution in [0.5, 0.6) is 5.75 Å². The molecule has 0 atom stereocenters. The van der Waals surface area contributed by atoms with E-state index in [1.165, 1.54) is 0 Å². The number of aromatic nitrogens is 4. The Morgan fingerprint density at radius 2 is 1.97 bits per heavy atom. The van der Waals surface area contributed by atoms with E-state index >= 15 is 0 Å². The highest BCUT2D eigenvalue weighted by atomic mass is 16.5. The summed E-state index contributed by atoms with van der Waals surface area (Å²) in [6.07, 6.45) is 7.10. The molecule has 8 heteroatoms. The molecule has 8 nitrogen and oxygen atoms in total. The number of imidazole rings is 1. The number of pyridine rings is 1. The van der Waals surface area contributed by atoms with Gasteiger partial charge in [-0.2, -0.15) is 4.98 Å². The fourth-order valence-corrected chi connectivity index (χ4v) is 3.28. The largest absolute Gasteiger partial charge is 0.497 e. The molecule has 0 fully saturated rings. The molecule has 0 spiro atoms. The van der Waals surface area contributed by atoms with E-state index in [0.717, 1.165) is 41.8 Å². The number of hydrogen-bond acceptors (Lipinski definition) is 6. The van der Waals surface area contributed by atoms with Crippen molar-refractivity contribution in [2.24, 2.45) is 0 Å². The number of aryl methyl sites for hydroxylation is 2. The number of fused-ring (bicyclic) bond motifs is 1. The number of ether oxygens (including phenoxy) is 1. The Morgan fingerprint density at radius 1 is 1.13 bits per heavy atom. The van der Waals surface area contributed by atoms with Crippen LogP contribution in [0.25, 0.3) is 17.0 Å². The van der Waals surface area contributed by atoms with Crippen LogP contribution in [-0.4, -0.2) is 39.1 Å². The summed E-state index contributed by atoms with van der Waals surface area (Å²) in [5.41, 5.74) is 3.21. The zero-order valence-corrected chi connectivity index (χ0v) is 17.7. The maximum atomic E-state index is 12.3. The van der Waals surface area contributed by atoms with Crippen molar-refractivity contribution in [2.45, 2.75) is 32.6 Å². The molecule has 1 aromatic carbocycles. The molecule has 4 rings (SSSR count). The monoisotopic (exact) mass is 419 g/mol. The molecule has 0 saturated heterocycles. The maximum Gasteiger partial charge on any atom is 0.271 e. The lowest BCUT2D eigenvalue weighted by molar-refractivity contribution is 0.0948. The first-order valence-corrected chi connectivity index (χ1v) is 10.3. The maximum absolute atomic E-state index is 12.3. The van der Waals surface area contributed by atoms with Crippen LogP contribution in [-0.2, 0) is 6.42 Å². The van der Waals surface area contributed by atoms with Crippen LogP contribution in [0, 0.1) is 6.92 Å². The third-order valence-electron chi connectivity index (χ3n) is 5.02. The van der Waals surface area contributed by atoms with Crippen molar-refractivity contribution in [1.82, 2.24) is 24.8 Å². The average molecular weight is 419 g/mol. The summed E-state index contributed by atoms with van der Waals surface area (Å²) >= 11 is 0. The molecule has 0 aliphatic carbocycles. The summed E-state index contributed by atoms with van der Waals surface area (Å²) in [6, 6.07) is 11.5. The van der Waals surface area contributed by atoms with E-state index in [4.69, 9.17) is 9.26 Å². The third kappa shape index (κ3) is 5.09. The summed E-state index contributed by atoms with van der Waals surface area (Å²) in [7, 11) is 1.63. The van der Waals surface area contributed by atoms with Crippen molar-refractivity contribution in [2.75, 3.05) is 13.7 Å². The summed E-state index contributed by atoms with van der Waals surface area (Å²) in [5, 5.41) is 6.98. The van der Waals surface area contributed by atoms with Gasteiger partial charge in [-0.1, -0.05) is 11.6 Å². The lowest BCUT2D eigenvalue weighted by atomic mass is 10.2. The van der Waals surface area contributed by atoms with Crippen molar-refractivity contribution in [1.29, 1.82) is 0 Å².